The summed E-state index contributed by atoms with van der Waals surface area (Å²) in [6.45, 7) is 10.2. The molecule has 3 rings (SSSR count). The van der Waals surface area contributed by atoms with Gasteiger partial charge in [-0.3, -0.25) is 0 Å². The molecule has 0 spiro atoms. The largest absolute Gasteiger partial charge is 0.410 e. The van der Waals surface area contributed by atoms with E-state index in [4.69, 9.17) is 0 Å². The maximum atomic E-state index is 3.97. The van der Waals surface area contributed by atoms with Gasteiger partial charge in [-0.25, -0.2) is 0 Å². The Morgan fingerprint density at radius 1 is 0.690 bits per heavy atom. The van der Waals surface area contributed by atoms with Gasteiger partial charge in [0.05, 0.1) is 0 Å². The SMILES string of the molecule is C[Si](C)(CP(C[Si](C)(C)Nc1ccccc1)C1CCCCC1)Nc1ccccc1. The molecular weight excluding hydrogens is 403 g/mol. The van der Waals surface area contributed by atoms with Crippen molar-refractivity contribution >= 4 is 35.8 Å². The Balaban J connectivity index is 1.71. The molecule has 2 N–H and O–H groups in total. The minimum atomic E-state index is -1.51. The van der Waals surface area contributed by atoms with Crippen molar-refractivity contribution in [2.45, 2.75) is 64.0 Å². The molecule has 2 nitrogen and oxygen atoms in total. The third kappa shape index (κ3) is 7.58. The Bertz CT molecular complexity index is 676. The Labute approximate surface area is 181 Å². The highest BCUT2D eigenvalue weighted by Crippen LogP contribution is 2.51. The Kier molecular flexibility index (Phi) is 8.01. The second kappa shape index (κ2) is 10.3. The molecule has 0 saturated heterocycles. The lowest BCUT2D eigenvalue weighted by molar-refractivity contribution is 0.511. The molecule has 0 aromatic heterocycles. The van der Waals surface area contributed by atoms with Gasteiger partial charge in [-0.05, 0) is 54.3 Å². The summed E-state index contributed by atoms with van der Waals surface area (Å²) in [4.78, 5) is 7.95. The van der Waals surface area contributed by atoms with Crippen LogP contribution >= 0.6 is 7.92 Å². The lowest BCUT2D eigenvalue weighted by Crippen LogP contribution is -2.46. The van der Waals surface area contributed by atoms with Gasteiger partial charge in [0.15, 0.2) is 16.5 Å². The van der Waals surface area contributed by atoms with Crippen molar-refractivity contribution in [2.24, 2.45) is 0 Å². The zero-order valence-electron chi connectivity index (χ0n) is 18.7. The van der Waals surface area contributed by atoms with E-state index in [0.717, 1.165) is 5.66 Å². The van der Waals surface area contributed by atoms with Crippen molar-refractivity contribution in [1.29, 1.82) is 0 Å². The molecule has 1 aliphatic rings. The van der Waals surface area contributed by atoms with Crippen LogP contribution in [0.4, 0.5) is 11.4 Å². The van der Waals surface area contributed by atoms with Crippen LogP contribution in [0.5, 0.6) is 0 Å². The first-order valence-corrected chi connectivity index (χ1v) is 19.4. The fourth-order valence-electron chi connectivity index (χ4n) is 4.68. The van der Waals surface area contributed by atoms with Gasteiger partial charge in [0.1, 0.15) is 0 Å². The highest BCUT2D eigenvalue weighted by Gasteiger charge is 2.35. The zero-order valence-corrected chi connectivity index (χ0v) is 21.6. The maximum Gasteiger partial charge on any atom is 0.151 e. The molecule has 0 heterocycles. The molecule has 0 aliphatic heterocycles. The van der Waals surface area contributed by atoms with Crippen LogP contribution in [0.25, 0.3) is 0 Å². The number of para-hydroxylation sites is 2. The quantitative estimate of drug-likeness (QED) is 0.310. The van der Waals surface area contributed by atoms with Crippen LogP contribution in [0.1, 0.15) is 32.1 Å². The van der Waals surface area contributed by atoms with Gasteiger partial charge < -0.3 is 9.96 Å². The van der Waals surface area contributed by atoms with Gasteiger partial charge in [0, 0.05) is 11.4 Å². The van der Waals surface area contributed by atoms with Gasteiger partial charge in [0.2, 0.25) is 0 Å². The third-order valence-corrected chi connectivity index (χ3v) is 18.9. The minimum Gasteiger partial charge on any atom is -0.410 e. The predicted octanol–water partition coefficient (Wildman–Crippen LogP) is 7.51. The summed E-state index contributed by atoms with van der Waals surface area (Å²) in [5.41, 5.74) is 3.59. The molecule has 0 bridgehead atoms. The fourth-order valence-corrected chi connectivity index (χ4v) is 19.9. The summed E-state index contributed by atoms with van der Waals surface area (Å²) >= 11 is 0. The molecule has 0 atom stereocenters. The van der Waals surface area contributed by atoms with Crippen molar-refractivity contribution in [3.05, 3.63) is 60.7 Å². The zero-order chi connectivity index (χ0) is 20.7. The average molecular weight is 443 g/mol. The number of hydrogen-bond acceptors (Lipinski definition) is 2. The van der Waals surface area contributed by atoms with Crippen molar-refractivity contribution in [3.8, 4) is 0 Å². The number of anilines is 2. The molecule has 0 unspecified atom stereocenters. The van der Waals surface area contributed by atoms with Crippen LogP contribution < -0.4 is 9.96 Å². The maximum absolute atomic E-state index is 3.97. The molecular formula is C24H39N2PSi2. The smallest absolute Gasteiger partial charge is 0.151 e. The topological polar surface area (TPSA) is 24.1 Å². The summed E-state index contributed by atoms with van der Waals surface area (Å²) < 4.78 is 0. The first-order chi connectivity index (χ1) is 13.8. The van der Waals surface area contributed by atoms with E-state index in [2.05, 4.69) is 96.8 Å². The molecule has 1 fully saturated rings. The molecule has 0 amide bonds. The van der Waals surface area contributed by atoms with E-state index in [1.54, 1.807) is 0 Å². The van der Waals surface area contributed by atoms with Crippen molar-refractivity contribution < 1.29 is 0 Å². The summed E-state index contributed by atoms with van der Waals surface area (Å²) in [6.07, 6.45) is 7.29. The van der Waals surface area contributed by atoms with Crippen LogP contribution in [0.2, 0.25) is 26.2 Å². The van der Waals surface area contributed by atoms with Gasteiger partial charge in [0.25, 0.3) is 0 Å². The van der Waals surface area contributed by atoms with Crippen LogP contribution in [0.15, 0.2) is 60.7 Å². The van der Waals surface area contributed by atoms with Crippen molar-refractivity contribution in [2.75, 3.05) is 21.5 Å². The number of benzene rings is 2. The van der Waals surface area contributed by atoms with E-state index >= 15 is 0 Å². The van der Waals surface area contributed by atoms with Crippen molar-refractivity contribution in [3.63, 3.8) is 0 Å². The third-order valence-electron chi connectivity index (χ3n) is 5.80. The second-order valence-corrected chi connectivity index (χ2v) is 22.4. The fraction of sp³-hybridized carbons (Fsp3) is 0.500. The van der Waals surface area contributed by atoms with E-state index in [-0.39, 0.29) is 7.92 Å². The molecule has 0 radical (unpaired) electrons. The minimum absolute atomic E-state index is 0.0512. The number of nitrogens with one attached hydrogen (secondary N) is 2. The summed E-state index contributed by atoms with van der Waals surface area (Å²) in [5.74, 6) is 2.88. The Morgan fingerprint density at radius 2 is 1.10 bits per heavy atom. The highest BCUT2D eigenvalue weighted by molar-refractivity contribution is 7.64. The normalized spacial score (nSPS) is 16.0. The van der Waals surface area contributed by atoms with E-state index in [1.165, 1.54) is 55.0 Å². The Morgan fingerprint density at radius 3 is 1.52 bits per heavy atom. The first kappa shape index (κ1) is 22.6. The van der Waals surface area contributed by atoms with Gasteiger partial charge in [-0.15, -0.1) is 7.92 Å². The predicted molar refractivity (Wildman–Crippen MR) is 139 cm³/mol. The molecule has 29 heavy (non-hydrogen) atoms. The number of hydrogen-bond donors (Lipinski definition) is 2. The molecule has 1 saturated carbocycles. The summed E-state index contributed by atoms with van der Waals surface area (Å²) in [6, 6.07) is 21.7. The van der Waals surface area contributed by atoms with Gasteiger partial charge >= 0.3 is 0 Å². The van der Waals surface area contributed by atoms with Crippen molar-refractivity contribution in [1.82, 2.24) is 0 Å². The molecule has 5 heteroatoms. The molecule has 1 aliphatic carbocycles. The highest BCUT2D eigenvalue weighted by atomic mass is 31.1. The average Bonchev–Trinajstić information content (AvgIpc) is 2.68. The summed E-state index contributed by atoms with van der Waals surface area (Å²) in [7, 11) is -2.97. The second-order valence-electron chi connectivity index (χ2n) is 9.95. The van der Waals surface area contributed by atoms with Gasteiger partial charge in [-0.2, -0.15) is 0 Å². The molecule has 158 valence electrons. The summed E-state index contributed by atoms with van der Waals surface area (Å²) in [5, 5.41) is 0. The number of rotatable bonds is 9. The van der Waals surface area contributed by atoms with E-state index in [1.807, 2.05) is 0 Å². The van der Waals surface area contributed by atoms with Crippen LogP contribution in [0, 0.1) is 0 Å². The first-order valence-electron chi connectivity index (χ1n) is 11.2. The van der Waals surface area contributed by atoms with Crippen LogP contribution in [-0.2, 0) is 0 Å². The van der Waals surface area contributed by atoms with Gasteiger partial charge in [-0.1, -0.05) is 81.8 Å². The monoisotopic (exact) mass is 442 g/mol. The van der Waals surface area contributed by atoms with E-state index in [9.17, 15) is 0 Å². The lowest BCUT2D eigenvalue weighted by atomic mass is 10.0. The Hall–Kier alpha value is -1.10. The van der Waals surface area contributed by atoms with E-state index < -0.39 is 16.5 Å². The lowest BCUT2D eigenvalue weighted by Gasteiger charge is -2.40. The molecule has 2 aromatic rings. The molecule has 2 aromatic carbocycles. The van der Waals surface area contributed by atoms with E-state index in [0.29, 0.717) is 0 Å². The van der Waals surface area contributed by atoms with Crippen LogP contribution in [-0.4, -0.2) is 33.7 Å². The van der Waals surface area contributed by atoms with Crippen LogP contribution in [0.3, 0.4) is 0 Å². The standard InChI is InChI=1S/C24H39N2PSi2/c1-28(2,25-22-14-8-5-9-15-22)20-27(24-18-12-7-13-19-24)21-29(3,4)26-23-16-10-6-11-17-23/h5-6,8-11,14-17,24-26H,7,12-13,18-21H2,1-4H3.